The molecule has 1 rings (SSSR count). The van der Waals surface area contributed by atoms with Crippen molar-refractivity contribution in [3.05, 3.63) is 16.1 Å². The van der Waals surface area contributed by atoms with Crippen LogP contribution < -0.4 is 5.32 Å². The van der Waals surface area contributed by atoms with Crippen LogP contribution >= 0.6 is 11.3 Å². The molecule has 1 N–H and O–H groups in total. The van der Waals surface area contributed by atoms with Gasteiger partial charge in [0.1, 0.15) is 5.78 Å². The molecule has 4 nitrogen and oxygen atoms in total. The summed E-state index contributed by atoms with van der Waals surface area (Å²) in [5.41, 5.74) is 1.00. The van der Waals surface area contributed by atoms with E-state index < -0.39 is 0 Å². The van der Waals surface area contributed by atoms with Gasteiger partial charge in [-0.15, -0.1) is 11.3 Å². The van der Waals surface area contributed by atoms with Crippen LogP contribution in [0.15, 0.2) is 5.38 Å². The van der Waals surface area contributed by atoms with Gasteiger partial charge in [0.15, 0.2) is 0 Å². The number of Topliss-reactive ketones (excluding diaryl/α,β-unsaturated/α-hetero) is 1. The summed E-state index contributed by atoms with van der Waals surface area (Å²) in [5, 5.41) is 5.67. The quantitative estimate of drug-likeness (QED) is 0.764. The smallest absolute Gasteiger partial charge is 0.227 e. The largest absolute Gasteiger partial charge is 0.355 e. The Labute approximate surface area is 92.7 Å². The number of aryl methyl sites for hydroxylation is 1. The summed E-state index contributed by atoms with van der Waals surface area (Å²) in [6.07, 6.45) is 0.694. The molecule has 0 fully saturated rings. The standard InChI is InChI=1S/C10H14N2O2S/c1-7-6-15-10(12-7)3-4-11-9(14)5-8(2)13/h6H,3-5H2,1-2H3,(H,11,14). The van der Waals surface area contributed by atoms with E-state index in [4.69, 9.17) is 0 Å². The molecule has 82 valence electrons. The maximum absolute atomic E-state index is 11.1. The second-order valence-electron chi connectivity index (χ2n) is 3.36. The Morgan fingerprint density at radius 1 is 1.53 bits per heavy atom. The summed E-state index contributed by atoms with van der Waals surface area (Å²) < 4.78 is 0. The number of nitrogens with zero attached hydrogens (tertiary/aromatic N) is 1. The number of amides is 1. The summed E-state index contributed by atoms with van der Waals surface area (Å²) in [6, 6.07) is 0. The second-order valence-corrected chi connectivity index (χ2v) is 4.30. The molecule has 0 saturated carbocycles. The van der Waals surface area contributed by atoms with E-state index >= 15 is 0 Å². The molecule has 0 aliphatic heterocycles. The minimum absolute atomic E-state index is 0.0309. The number of thiazole rings is 1. The Morgan fingerprint density at radius 2 is 2.27 bits per heavy atom. The van der Waals surface area contributed by atoms with Crippen LogP contribution in [0.25, 0.3) is 0 Å². The Morgan fingerprint density at radius 3 is 2.80 bits per heavy atom. The van der Waals surface area contributed by atoms with Crippen LogP contribution in [0.1, 0.15) is 24.0 Å². The number of hydrogen-bond donors (Lipinski definition) is 1. The van der Waals surface area contributed by atoms with Crippen LogP contribution in [0.5, 0.6) is 0 Å². The Bertz CT molecular complexity index is 360. The van der Waals surface area contributed by atoms with Gasteiger partial charge >= 0.3 is 0 Å². The summed E-state index contributed by atoms with van der Waals surface area (Å²) in [5.74, 6) is -0.326. The van der Waals surface area contributed by atoms with E-state index in [9.17, 15) is 9.59 Å². The molecule has 1 heterocycles. The van der Waals surface area contributed by atoms with Gasteiger partial charge in [0.05, 0.1) is 11.4 Å². The van der Waals surface area contributed by atoms with Crippen LogP contribution in [-0.4, -0.2) is 23.2 Å². The average Bonchev–Trinajstić information content (AvgIpc) is 2.50. The fourth-order valence-corrected chi connectivity index (χ4v) is 1.89. The zero-order chi connectivity index (χ0) is 11.3. The number of aromatic nitrogens is 1. The third-order valence-corrected chi connectivity index (χ3v) is 2.76. The average molecular weight is 226 g/mol. The number of nitrogens with one attached hydrogen (secondary N) is 1. The maximum atomic E-state index is 11.1. The van der Waals surface area contributed by atoms with Crippen molar-refractivity contribution in [3.63, 3.8) is 0 Å². The number of hydrogen-bond acceptors (Lipinski definition) is 4. The van der Waals surface area contributed by atoms with E-state index in [2.05, 4.69) is 10.3 Å². The van der Waals surface area contributed by atoms with Crippen LogP contribution in [0, 0.1) is 6.92 Å². The molecule has 1 aromatic heterocycles. The highest BCUT2D eigenvalue weighted by atomic mass is 32.1. The van der Waals surface area contributed by atoms with Gasteiger partial charge in [-0.05, 0) is 13.8 Å². The monoisotopic (exact) mass is 226 g/mol. The van der Waals surface area contributed by atoms with Gasteiger partial charge in [0.25, 0.3) is 0 Å². The molecule has 0 unspecified atom stereocenters. The van der Waals surface area contributed by atoms with Crippen molar-refractivity contribution < 1.29 is 9.59 Å². The number of carbonyl (C=O) groups is 2. The minimum atomic E-state index is -0.212. The van der Waals surface area contributed by atoms with Gasteiger partial charge in [-0.3, -0.25) is 9.59 Å². The van der Waals surface area contributed by atoms with Crippen LogP contribution in [0.3, 0.4) is 0 Å². The molecule has 0 aliphatic rings. The minimum Gasteiger partial charge on any atom is -0.355 e. The molecule has 1 amide bonds. The van der Waals surface area contributed by atoms with Crippen molar-refractivity contribution in [2.24, 2.45) is 0 Å². The topological polar surface area (TPSA) is 59.1 Å². The zero-order valence-electron chi connectivity index (χ0n) is 8.87. The molecule has 5 heteroatoms. The molecule has 0 aliphatic carbocycles. The molecule has 0 aromatic carbocycles. The van der Waals surface area contributed by atoms with Crippen LogP contribution in [-0.2, 0) is 16.0 Å². The number of ketones is 1. The van der Waals surface area contributed by atoms with Crippen molar-refractivity contribution >= 4 is 23.0 Å². The van der Waals surface area contributed by atoms with Crippen molar-refractivity contribution in [1.29, 1.82) is 0 Å². The zero-order valence-corrected chi connectivity index (χ0v) is 9.69. The lowest BCUT2D eigenvalue weighted by molar-refractivity contribution is -0.127. The summed E-state index contributed by atoms with van der Waals surface area (Å²) in [7, 11) is 0. The van der Waals surface area contributed by atoms with Gasteiger partial charge in [-0.25, -0.2) is 4.98 Å². The molecule has 15 heavy (non-hydrogen) atoms. The van der Waals surface area contributed by atoms with Crippen molar-refractivity contribution in [3.8, 4) is 0 Å². The van der Waals surface area contributed by atoms with Gasteiger partial charge in [-0.1, -0.05) is 0 Å². The Hall–Kier alpha value is -1.23. The molecule has 0 spiro atoms. The normalized spacial score (nSPS) is 10.0. The van der Waals surface area contributed by atoms with Crippen molar-refractivity contribution in [2.45, 2.75) is 26.7 Å². The highest BCUT2D eigenvalue weighted by molar-refractivity contribution is 7.09. The SMILES string of the molecule is CC(=O)CC(=O)NCCc1nc(C)cs1. The molecular formula is C10H14N2O2S. The van der Waals surface area contributed by atoms with E-state index in [1.54, 1.807) is 11.3 Å². The van der Waals surface area contributed by atoms with Gasteiger partial charge in [-0.2, -0.15) is 0 Å². The van der Waals surface area contributed by atoms with E-state index in [1.807, 2.05) is 12.3 Å². The predicted molar refractivity (Wildman–Crippen MR) is 58.9 cm³/mol. The highest BCUT2D eigenvalue weighted by Gasteiger charge is 2.04. The van der Waals surface area contributed by atoms with Crippen molar-refractivity contribution in [2.75, 3.05) is 6.54 Å². The molecule has 0 bridgehead atoms. The third kappa shape index (κ3) is 4.69. The summed E-state index contributed by atoms with van der Waals surface area (Å²) in [4.78, 5) is 26.0. The van der Waals surface area contributed by atoms with Gasteiger partial charge in [0, 0.05) is 24.0 Å². The molecule has 1 aromatic rings. The Kier molecular flexibility index (Phi) is 4.42. The lowest BCUT2D eigenvalue weighted by atomic mass is 10.3. The molecule has 0 atom stereocenters. The van der Waals surface area contributed by atoms with Crippen LogP contribution in [0.4, 0.5) is 0 Å². The first kappa shape index (κ1) is 11.8. The summed E-state index contributed by atoms with van der Waals surface area (Å²) >= 11 is 1.59. The lowest BCUT2D eigenvalue weighted by Gasteiger charge is -2.01. The predicted octanol–water partition coefficient (Wildman–Crippen LogP) is 1.09. The van der Waals surface area contributed by atoms with E-state index in [1.165, 1.54) is 6.92 Å². The fraction of sp³-hybridized carbons (Fsp3) is 0.500. The fourth-order valence-electron chi connectivity index (χ4n) is 1.11. The van der Waals surface area contributed by atoms with E-state index in [0.717, 1.165) is 17.1 Å². The molecule has 0 radical (unpaired) electrons. The van der Waals surface area contributed by atoms with Crippen LogP contribution in [0.2, 0.25) is 0 Å². The lowest BCUT2D eigenvalue weighted by Crippen LogP contribution is -2.27. The summed E-state index contributed by atoms with van der Waals surface area (Å²) in [6.45, 7) is 3.89. The maximum Gasteiger partial charge on any atom is 0.227 e. The third-order valence-electron chi connectivity index (χ3n) is 1.74. The van der Waals surface area contributed by atoms with E-state index in [0.29, 0.717) is 6.54 Å². The first-order chi connectivity index (χ1) is 7.08. The number of carbonyl (C=O) groups excluding carboxylic acids is 2. The van der Waals surface area contributed by atoms with Gasteiger partial charge < -0.3 is 5.32 Å². The Balaban J connectivity index is 2.22. The molecular weight excluding hydrogens is 212 g/mol. The second kappa shape index (κ2) is 5.60. The van der Waals surface area contributed by atoms with Gasteiger partial charge in [0.2, 0.25) is 5.91 Å². The first-order valence-corrected chi connectivity index (χ1v) is 5.63. The molecule has 0 saturated heterocycles. The van der Waals surface area contributed by atoms with Crippen molar-refractivity contribution in [1.82, 2.24) is 10.3 Å². The van der Waals surface area contributed by atoms with E-state index in [-0.39, 0.29) is 18.1 Å². The highest BCUT2D eigenvalue weighted by Crippen LogP contribution is 2.08. The first-order valence-electron chi connectivity index (χ1n) is 4.75. The number of rotatable bonds is 5.